The topological polar surface area (TPSA) is 71.1 Å². The second kappa shape index (κ2) is 8.27. The maximum absolute atomic E-state index is 12.0. The number of carbonyl (C=O) groups is 2. The van der Waals surface area contributed by atoms with Crippen molar-refractivity contribution in [3.05, 3.63) is 26.8 Å². The molecule has 12 heteroatoms. The average Bonchev–Trinajstić information content (AvgIpc) is 3.41. The Labute approximate surface area is 175 Å². The van der Waals surface area contributed by atoms with Crippen LogP contribution in [0.2, 0.25) is 0 Å². The van der Waals surface area contributed by atoms with Crippen molar-refractivity contribution in [3.8, 4) is 0 Å². The minimum Gasteiger partial charge on any atom is -0.465 e. The van der Waals surface area contributed by atoms with Crippen molar-refractivity contribution in [2.45, 2.75) is 10.9 Å². The average molecular weight is 469 g/mol. The highest BCUT2D eigenvalue weighted by Gasteiger charge is 2.42. The molecule has 140 valence electrons. The largest absolute Gasteiger partial charge is 0.465 e. The van der Waals surface area contributed by atoms with Crippen LogP contribution in [0.3, 0.4) is 0 Å². The van der Waals surface area contributed by atoms with Gasteiger partial charge in [-0.2, -0.15) is 0 Å². The smallest absolute Gasteiger partial charge is 0.346 e. The molecule has 4 aliphatic heterocycles. The summed E-state index contributed by atoms with van der Waals surface area (Å²) < 4.78 is 25.4. The summed E-state index contributed by atoms with van der Waals surface area (Å²) in [5, 5.41) is 0. The third-order valence-corrected chi connectivity index (χ3v) is 12.4. The van der Waals surface area contributed by atoms with Gasteiger partial charge < -0.3 is 18.9 Å². The van der Waals surface area contributed by atoms with Crippen molar-refractivity contribution >= 4 is 82.5 Å². The zero-order chi connectivity index (χ0) is 18.3. The van der Waals surface area contributed by atoms with E-state index >= 15 is 0 Å². The van der Waals surface area contributed by atoms with Crippen molar-refractivity contribution in [1.82, 2.24) is 0 Å². The normalized spacial score (nSPS) is 24.1. The van der Waals surface area contributed by atoms with Gasteiger partial charge in [-0.25, -0.2) is 9.59 Å². The second-order valence-corrected chi connectivity index (χ2v) is 12.6. The van der Waals surface area contributed by atoms with Crippen LogP contribution in [-0.4, -0.2) is 50.2 Å². The quantitative estimate of drug-likeness (QED) is 0.563. The van der Waals surface area contributed by atoms with Crippen LogP contribution in [0.4, 0.5) is 0 Å². The number of esters is 2. The Hall–Kier alpha value is 0.180. The molecule has 0 saturated carbocycles. The third-order valence-electron chi connectivity index (χ3n) is 3.36. The van der Waals surface area contributed by atoms with E-state index in [2.05, 4.69) is 0 Å². The summed E-state index contributed by atoms with van der Waals surface area (Å²) in [6, 6.07) is 0. The molecule has 0 atom stereocenters. The highest BCUT2D eigenvalue weighted by molar-refractivity contribution is 8.47. The molecule has 1 fully saturated rings. The van der Waals surface area contributed by atoms with E-state index in [9.17, 15) is 9.59 Å². The van der Waals surface area contributed by atoms with E-state index in [0.717, 1.165) is 8.47 Å². The van der Waals surface area contributed by atoms with Gasteiger partial charge in [0.25, 0.3) is 0 Å². The fourth-order valence-corrected chi connectivity index (χ4v) is 11.9. The fraction of sp³-hybridized carbons (Fsp3) is 0.429. The molecule has 0 spiro atoms. The van der Waals surface area contributed by atoms with E-state index < -0.39 is 11.9 Å². The fourth-order valence-electron chi connectivity index (χ4n) is 2.22. The molecule has 4 rings (SSSR count). The van der Waals surface area contributed by atoms with Gasteiger partial charge >= 0.3 is 11.9 Å². The molecule has 0 unspecified atom stereocenters. The molecule has 1 saturated heterocycles. The van der Waals surface area contributed by atoms with Crippen molar-refractivity contribution < 1.29 is 28.5 Å². The minimum absolute atomic E-state index is 0.165. The second-order valence-electron chi connectivity index (χ2n) is 4.91. The third kappa shape index (κ3) is 3.71. The molecule has 0 bridgehead atoms. The first kappa shape index (κ1) is 19.5. The van der Waals surface area contributed by atoms with Crippen LogP contribution in [0.1, 0.15) is 0 Å². The van der Waals surface area contributed by atoms with Crippen LogP contribution < -0.4 is 0 Å². The van der Waals surface area contributed by atoms with E-state index in [1.165, 1.54) is 46.2 Å². The van der Waals surface area contributed by atoms with E-state index in [0.29, 0.717) is 13.2 Å². The Kier molecular flexibility index (Phi) is 6.20. The van der Waals surface area contributed by atoms with Gasteiger partial charge in [0.1, 0.15) is 14.4 Å². The molecular formula is C14H12O6S6. The summed E-state index contributed by atoms with van der Waals surface area (Å²) in [6.45, 7) is 1.29. The lowest BCUT2D eigenvalue weighted by molar-refractivity contribution is -0.138. The predicted molar refractivity (Wildman–Crippen MR) is 110 cm³/mol. The maximum atomic E-state index is 12.0. The molecule has 0 aromatic heterocycles. The van der Waals surface area contributed by atoms with Gasteiger partial charge in [-0.05, 0) is 0 Å². The van der Waals surface area contributed by atoms with Gasteiger partial charge in [-0.1, -0.05) is 70.6 Å². The summed E-state index contributed by atoms with van der Waals surface area (Å²) in [6.07, 6.45) is -0.165. The standard InChI is InChI=1S/C14H12O6S6/c1-17-7(15)5-6(8(16)18-2)22-11(21-5)12-25-13-14(26-12)24-10(23-13)9-19-3-4-20-9/h9-10H,3-4H2,1-2H3. The summed E-state index contributed by atoms with van der Waals surface area (Å²) in [5.74, 6) is -1.04. The molecule has 6 nitrogen and oxygen atoms in total. The lowest BCUT2D eigenvalue weighted by Gasteiger charge is -2.17. The number of hydrogen-bond acceptors (Lipinski definition) is 12. The lowest BCUT2D eigenvalue weighted by Crippen LogP contribution is -2.19. The van der Waals surface area contributed by atoms with Gasteiger partial charge in [0.15, 0.2) is 6.29 Å². The van der Waals surface area contributed by atoms with Crippen molar-refractivity contribution in [1.29, 1.82) is 0 Å². The van der Waals surface area contributed by atoms with Crippen molar-refractivity contribution in [2.24, 2.45) is 0 Å². The van der Waals surface area contributed by atoms with E-state index in [1.807, 2.05) is 0 Å². The van der Waals surface area contributed by atoms with Gasteiger partial charge in [0.2, 0.25) is 0 Å². The van der Waals surface area contributed by atoms with E-state index in [-0.39, 0.29) is 20.7 Å². The molecule has 0 aliphatic carbocycles. The van der Waals surface area contributed by atoms with Crippen LogP contribution in [0.25, 0.3) is 0 Å². The molecule has 0 aromatic rings. The molecule has 0 radical (unpaired) electrons. The van der Waals surface area contributed by atoms with Crippen molar-refractivity contribution in [3.63, 3.8) is 0 Å². The molecule has 26 heavy (non-hydrogen) atoms. The molecule has 4 aliphatic rings. The number of thioether (sulfide) groups is 6. The van der Waals surface area contributed by atoms with Gasteiger partial charge in [-0.15, -0.1) is 0 Å². The first-order chi connectivity index (χ1) is 12.6. The summed E-state index contributed by atoms with van der Waals surface area (Å²) in [4.78, 5) is 24.5. The number of methoxy groups -OCH3 is 2. The van der Waals surface area contributed by atoms with Crippen molar-refractivity contribution in [2.75, 3.05) is 27.4 Å². The number of rotatable bonds is 3. The number of carbonyl (C=O) groups excluding carboxylic acids is 2. The highest BCUT2D eigenvalue weighted by Crippen LogP contribution is 2.69. The van der Waals surface area contributed by atoms with Crippen LogP contribution in [0.15, 0.2) is 26.8 Å². The van der Waals surface area contributed by atoms with Crippen LogP contribution in [0.5, 0.6) is 0 Å². The summed E-state index contributed by atoms with van der Waals surface area (Å²) in [5.41, 5.74) is 0. The Balaban J connectivity index is 1.46. The summed E-state index contributed by atoms with van der Waals surface area (Å²) in [7, 11) is 2.60. The molecule has 0 amide bonds. The number of ether oxygens (including phenoxy) is 4. The van der Waals surface area contributed by atoms with E-state index in [4.69, 9.17) is 18.9 Å². The first-order valence-corrected chi connectivity index (χ1v) is 12.3. The molecule has 0 N–H and O–H groups in total. The Bertz CT molecular complexity index is 703. The molecular weight excluding hydrogens is 457 g/mol. The van der Waals surface area contributed by atoms with Gasteiger partial charge in [0.05, 0.1) is 44.4 Å². The van der Waals surface area contributed by atoms with E-state index in [1.54, 1.807) is 47.0 Å². The zero-order valence-electron chi connectivity index (χ0n) is 13.5. The minimum atomic E-state index is -0.522. The SMILES string of the molecule is COC(=O)C1=C(C(=O)OC)SC(=C2SC3=C(S2)SC(C2OCCO2)S3)S1. The van der Waals surface area contributed by atoms with Gasteiger partial charge in [0, 0.05) is 0 Å². The monoisotopic (exact) mass is 468 g/mol. The Morgan fingerprint density at radius 1 is 0.808 bits per heavy atom. The van der Waals surface area contributed by atoms with Gasteiger partial charge in [-0.3, -0.25) is 0 Å². The Morgan fingerprint density at radius 2 is 1.27 bits per heavy atom. The Morgan fingerprint density at radius 3 is 1.73 bits per heavy atom. The zero-order valence-corrected chi connectivity index (χ0v) is 18.4. The summed E-state index contributed by atoms with van der Waals surface area (Å²) >= 11 is 9.36. The molecule has 4 heterocycles. The highest BCUT2D eigenvalue weighted by atomic mass is 32.3. The maximum Gasteiger partial charge on any atom is 0.346 e. The molecule has 0 aromatic carbocycles. The van der Waals surface area contributed by atoms with Crippen LogP contribution in [0, 0.1) is 0 Å². The predicted octanol–water partition coefficient (Wildman–Crippen LogP) is 3.94. The number of hydrogen-bond donors (Lipinski definition) is 0. The lowest BCUT2D eigenvalue weighted by atomic mass is 10.5. The van der Waals surface area contributed by atoms with Crippen LogP contribution in [-0.2, 0) is 28.5 Å². The first-order valence-electron chi connectivity index (χ1n) is 7.28. The van der Waals surface area contributed by atoms with Crippen LogP contribution >= 0.6 is 70.6 Å².